The van der Waals surface area contributed by atoms with Gasteiger partial charge in [0.2, 0.25) is 0 Å². The number of hydrogen-bond donors (Lipinski definition) is 2. The average molecular weight is 491 g/mol. The summed E-state index contributed by atoms with van der Waals surface area (Å²) in [4.78, 5) is 25.4. The number of hydrogen-bond acceptors (Lipinski definition) is 5. The molecule has 0 aliphatic carbocycles. The average Bonchev–Trinajstić information content (AvgIpc) is 2.82. The van der Waals surface area contributed by atoms with E-state index in [0.717, 1.165) is 11.1 Å². The summed E-state index contributed by atoms with van der Waals surface area (Å²) in [5, 5.41) is 12.1. The molecule has 2 aromatic carbocycles. The van der Waals surface area contributed by atoms with E-state index in [-0.39, 0.29) is 30.9 Å². The van der Waals surface area contributed by atoms with Crippen molar-refractivity contribution in [1.29, 1.82) is 0 Å². The third-order valence-corrected chi connectivity index (χ3v) is 5.00. The number of halogens is 1. The number of nitrogens with zero attached hydrogens (tertiary/aromatic N) is 1. The van der Waals surface area contributed by atoms with E-state index >= 15 is 0 Å². The predicted molar refractivity (Wildman–Crippen MR) is 130 cm³/mol. The van der Waals surface area contributed by atoms with Gasteiger partial charge in [0.15, 0.2) is 6.10 Å². The maximum absolute atomic E-state index is 13.0. The lowest BCUT2D eigenvalue weighted by molar-refractivity contribution is -0.149. The van der Waals surface area contributed by atoms with Crippen LogP contribution in [0.2, 0.25) is 0 Å². The van der Waals surface area contributed by atoms with Crippen molar-refractivity contribution in [3.8, 4) is 5.75 Å². The van der Waals surface area contributed by atoms with Crippen LogP contribution in [0, 0.1) is 5.82 Å². The Morgan fingerprint density at radius 3 is 2.23 bits per heavy atom. The van der Waals surface area contributed by atoms with Gasteiger partial charge < -0.3 is 29.5 Å². The van der Waals surface area contributed by atoms with E-state index in [1.807, 2.05) is 13.8 Å². The fourth-order valence-corrected chi connectivity index (χ4v) is 3.23. The van der Waals surface area contributed by atoms with E-state index in [2.05, 4.69) is 5.32 Å². The zero-order valence-electron chi connectivity index (χ0n) is 20.5. The number of aliphatic carboxylic acids is 1. The first kappa shape index (κ1) is 28.1. The van der Waals surface area contributed by atoms with Crippen molar-refractivity contribution in [2.75, 3.05) is 32.9 Å². The zero-order chi connectivity index (χ0) is 25.6. The number of amides is 2. The van der Waals surface area contributed by atoms with Crippen LogP contribution >= 0.6 is 0 Å². The molecule has 2 rings (SSSR count). The second-order valence-corrected chi connectivity index (χ2v) is 8.25. The fourth-order valence-electron chi connectivity index (χ4n) is 3.23. The van der Waals surface area contributed by atoms with Crippen LogP contribution in [0.15, 0.2) is 48.5 Å². The monoisotopic (exact) mass is 490 g/mol. The highest BCUT2D eigenvalue weighted by Crippen LogP contribution is 2.15. The second kappa shape index (κ2) is 15.0. The third-order valence-electron chi connectivity index (χ3n) is 5.00. The number of carbonyl (C=O) groups is 2. The van der Waals surface area contributed by atoms with E-state index in [1.165, 1.54) is 12.1 Å². The maximum Gasteiger partial charge on any atom is 0.333 e. The van der Waals surface area contributed by atoms with Gasteiger partial charge in [-0.3, -0.25) is 0 Å². The molecule has 35 heavy (non-hydrogen) atoms. The molecule has 1 unspecified atom stereocenters. The van der Waals surface area contributed by atoms with Crippen LogP contribution in [-0.4, -0.2) is 67.1 Å². The topological polar surface area (TPSA) is 97.3 Å². The molecule has 0 aliphatic rings. The summed E-state index contributed by atoms with van der Waals surface area (Å²) in [5.74, 6) is -0.669. The van der Waals surface area contributed by atoms with Crippen LogP contribution in [0.5, 0.6) is 5.75 Å². The molecule has 0 spiro atoms. The molecule has 0 aliphatic heterocycles. The number of carboxylic acids is 1. The highest BCUT2D eigenvalue weighted by Gasteiger charge is 2.18. The molecule has 2 N–H and O–H groups in total. The number of benzene rings is 2. The molecule has 9 heteroatoms. The van der Waals surface area contributed by atoms with Crippen molar-refractivity contribution >= 4 is 12.0 Å². The standard InChI is InChI=1S/C26H35FN2O6/c1-4-34-24(25(30)31)17-20-7-11-23(12-8-20)35-16-14-29(26(32)28-19(2)3)13-15-33-18-21-5-9-22(27)10-6-21/h5-12,19,24H,4,13-18H2,1-3H3,(H,28,32)(H,30,31). The lowest BCUT2D eigenvalue weighted by atomic mass is 10.1. The Bertz CT molecular complexity index is 905. The van der Waals surface area contributed by atoms with Crippen LogP contribution in [-0.2, 0) is 27.3 Å². The Morgan fingerprint density at radius 1 is 1.00 bits per heavy atom. The summed E-state index contributed by atoms with van der Waals surface area (Å²) in [7, 11) is 0. The molecule has 0 radical (unpaired) electrons. The van der Waals surface area contributed by atoms with Gasteiger partial charge in [-0.15, -0.1) is 0 Å². The van der Waals surface area contributed by atoms with E-state index < -0.39 is 12.1 Å². The molecule has 2 aromatic rings. The Morgan fingerprint density at radius 2 is 1.63 bits per heavy atom. The highest BCUT2D eigenvalue weighted by atomic mass is 19.1. The van der Waals surface area contributed by atoms with E-state index in [1.54, 1.807) is 48.2 Å². The summed E-state index contributed by atoms with van der Waals surface area (Å²) in [6.45, 7) is 7.52. The van der Waals surface area contributed by atoms with Crippen molar-refractivity contribution < 1.29 is 33.3 Å². The van der Waals surface area contributed by atoms with Crippen LogP contribution in [0.25, 0.3) is 0 Å². The van der Waals surface area contributed by atoms with Crippen molar-refractivity contribution in [3.05, 3.63) is 65.5 Å². The minimum absolute atomic E-state index is 0.00934. The molecule has 8 nitrogen and oxygen atoms in total. The Balaban J connectivity index is 1.83. The molecule has 2 amide bonds. The van der Waals surface area contributed by atoms with Crippen LogP contribution in [0.3, 0.4) is 0 Å². The van der Waals surface area contributed by atoms with Crippen molar-refractivity contribution in [2.45, 2.75) is 45.9 Å². The van der Waals surface area contributed by atoms with Gasteiger partial charge in [0.25, 0.3) is 0 Å². The Kier molecular flexibility index (Phi) is 12.0. The van der Waals surface area contributed by atoms with Crippen LogP contribution in [0.1, 0.15) is 31.9 Å². The summed E-state index contributed by atoms with van der Waals surface area (Å²) in [5.41, 5.74) is 1.68. The molecule has 0 heterocycles. The molecule has 0 fully saturated rings. The molecule has 0 bridgehead atoms. The van der Waals surface area contributed by atoms with E-state index in [0.29, 0.717) is 38.7 Å². The zero-order valence-corrected chi connectivity index (χ0v) is 20.5. The molecule has 1 atom stereocenters. The minimum atomic E-state index is -0.992. The molecule has 0 aromatic heterocycles. The smallest absolute Gasteiger partial charge is 0.333 e. The molecule has 192 valence electrons. The van der Waals surface area contributed by atoms with Gasteiger partial charge in [-0.2, -0.15) is 0 Å². The maximum atomic E-state index is 13.0. The van der Waals surface area contributed by atoms with E-state index in [9.17, 15) is 19.1 Å². The molecule has 0 saturated carbocycles. The first-order chi connectivity index (χ1) is 16.8. The van der Waals surface area contributed by atoms with Crippen LogP contribution in [0.4, 0.5) is 9.18 Å². The number of rotatable bonds is 15. The number of nitrogens with one attached hydrogen (secondary N) is 1. The molecule has 0 saturated heterocycles. The quantitative estimate of drug-likeness (QED) is 0.368. The lowest BCUT2D eigenvalue weighted by Crippen LogP contribution is -2.46. The second-order valence-electron chi connectivity index (χ2n) is 8.25. The first-order valence-electron chi connectivity index (χ1n) is 11.7. The van der Waals surface area contributed by atoms with Gasteiger partial charge >= 0.3 is 12.0 Å². The molecular formula is C26H35FN2O6. The van der Waals surface area contributed by atoms with Gasteiger partial charge in [0.05, 0.1) is 19.8 Å². The lowest BCUT2D eigenvalue weighted by Gasteiger charge is -2.24. The minimum Gasteiger partial charge on any atom is -0.492 e. The number of carboxylic acid groups (broad SMARTS) is 1. The summed E-state index contributed by atoms with van der Waals surface area (Å²) in [6.07, 6.45) is -0.616. The molecular weight excluding hydrogens is 455 g/mol. The van der Waals surface area contributed by atoms with Gasteiger partial charge in [-0.1, -0.05) is 24.3 Å². The van der Waals surface area contributed by atoms with Gasteiger partial charge in [-0.05, 0) is 56.2 Å². The SMILES string of the molecule is CCOC(Cc1ccc(OCCN(CCOCc2ccc(F)cc2)C(=O)NC(C)C)cc1)C(=O)O. The van der Waals surface area contributed by atoms with E-state index in [4.69, 9.17) is 14.2 Å². The first-order valence-corrected chi connectivity index (χ1v) is 11.7. The highest BCUT2D eigenvalue weighted by molar-refractivity contribution is 5.74. The normalized spacial score (nSPS) is 11.8. The van der Waals surface area contributed by atoms with Crippen molar-refractivity contribution in [3.63, 3.8) is 0 Å². The third kappa shape index (κ3) is 10.7. The largest absolute Gasteiger partial charge is 0.492 e. The summed E-state index contributed by atoms with van der Waals surface area (Å²) >= 11 is 0. The Hall–Kier alpha value is -3.17. The van der Waals surface area contributed by atoms with Crippen LogP contribution < -0.4 is 10.1 Å². The predicted octanol–water partition coefficient (Wildman–Crippen LogP) is 3.87. The van der Waals surface area contributed by atoms with Gasteiger partial charge in [-0.25, -0.2) is 14.0 Å². The van der Waals surface area contributed by atoms with Gasteiger partial charge in [0, 0.05) is 25.6 Å². The Labute approximate surface area is 206 Å². The number of carbonyl (C=O) groups excluding carboxylic acids is 1. The number of urea groups is 1. The fraction of sp³-hybridized carbons (Fsp3) is 0.462. The van der Waals surface area contributed by atoms with Crippen molar-refractivity contribution in [1.82, 2.24) is 10.2 Å². The van der Waals surface area contributed by atoms with Crippen molar-refractivity contribution in [2.24, 2.45) is 0 Å². The number of ether oxygens (including phenoxy) is 3. The summed E-state index contributed by atoms with van der Waals surface area (Å²) < 4.78 is 29.7. The summed E-state index contributed by atoms with van der Waals surface area (Å²) in [6, 6.07) is 13.0. The van der Waals surface area contributed by atoms with Gasteiger partial charge in [0.1, 0.15) is 18.2 Å².